The highest BCUT2D eigenvalue weighted by Gasteiger charge is 2.35. The van der Waals surface area contributed by atoms with Crippen LogP contribution in [0.15, 0.2) is 11.1 Å². The van der Waals surface area contributed by atoms with Crippen LogP contribution in [0.25, 0.3) is 0 Å². The summed E-state index contributed by atoms with van der Waals surface area (Å²) in [7, 11) is 0. The molecule has 0 aromatic heterocycles. The van der Waals surface area contributed by atoms with Gasteiger partial charge >= 0.3 is 0 Å². The molecule has 0 radical (unpaired) electrons. The van der Waals surface area contributed by atoms with E-state index < -0.39 is 0 Å². The molecule has 15 heavy (non-hydrogen) atoms. The van der Waals surface area contributed by atoms with Gasteiger partial charge < -0.3 is 0 Å². The molecule has 2 unspecified atom stereocenters. The number of allylic oxidation sites excluding steroid dienone is 2. The molecule has 0 saturated heterocycles. The Bertz CT molecular complexity index is 298. The molecule has 0 aromatic rings. The van der Waals surface area contributed by atoms with Gasteiger partial charge in [0.25, 0.3) is 0 Å². The second-order valence-corrected chi connectivity index (χ2v) is 5.54. The number of Topliss-reactive ketones (excluding diaryl/α,β-unsaturated/α-hetero) is 1. The summed E-state index contributed by atoms with van der Waals surface area (Å²) in [6, 6.07) is 0. The number of fused-ring (bicyclic) bond motifs is 1. The van der Waals surface area contributed by atoms with E-state index in [1.165, 1.54) is 31.3 Å². The Morgan fingerprint density at radius 2 is 2.00 bits per heavy atom. The quantitative estimate of drug-likeness (QED) is 0.638. The van der Waals surface area contributed by atoms with Gasteiger partial charge in [0.05, 0.1) is 0 Å². The van der Waals surface area contributed by atoms with E-state index in [0.717, 1.165) is 17.9 Å². The zero-order valence-corrected chi connectivity index (χ0v) is 10.2. The van der Waals surface area contributed by atoms with E-state index in [0.29, 0.717) is 17.6 Å². The molecule has 1 saturated carbocycles. The van der Waals surface area contributed by atoms with Crippen molar-refractivity contribution >= 4 is 5.78 Å². The first kappa shape index (κ1) is 10.9. The predicted molar refractivity (Wildman–Crippen MR) is 62.6 cm³/mol. The van der Waals surface area contributed by atoms with Gasteiger partial charge in [0.2, 0.25) is 0 Å². The van der Waals surface area contributed by atoms with Crippen molar-refractivity contribution in [1.29, 1.82) is 0 Å². The average Bonchev–Trinajstić information content (AvgIpc) is 2.23. The Hall–Kier alpha value is -0.590. The van der Waals surface area contributed by atoms with Crippen LogP contribution in [0, 0.1) is 17.8 Å². The van der Waals surface area contributed by atoms with Crippen LogP contribution in [0.5, 0.6) is 0 Å². The predicted octanol–water partition coefficient (Wildman–Crippen LogP) is 3.74. The molecule has 84 valence electrons. The molecule has 1 fully saturated rings. The second-order valence-electron chi connectivity index (χ2n) is 5.54. The van der Waals surface area contributed by atoms with Gasteiger partial charge in [-0.1, -0.05) is 25.8 Å². The van der Waals surface area contributed by atoms with E-state index in [-0.39, 0.29) is 0 Å². The maximum absolute atomic E-state index is 12.2. The number of carbonyl (C=O) groups is 1. The normalized spacial score (nSPS) is 32.1. The van der Waals surface area contributed by atoms with Crippen molar-refractivity contribution < 1.29 is 4.79 Å². The van der Waals surface area contributed by atoms with E-state index in [1.807, 2.05) is 0 Å². The van der Waals surface area contributed by atoms with Gasteiger partial charge in [-0.2, -0.15) is 0 Å². The van der Waals surface area contributed by atoms with Gasteiger partial charge in [0.1, 0.15) is 0 Å². The van der Waals surface area contributed by atoms with Gasteiger partial charge in [-0.15, -0.1) is 0 Å². The minimum Gasteiger partial charge on any atom is -0.294 e. The monoisotopic (exact) mass is 206 g/mol. The summed E-state index contributed by atoms with van der Waals surface area (Å²) in [5.74, 6) is 2.00. The molecule has 0 spiro atoms. The fourth-order valence-electron chi connectivity index (χ4n) is 3.26. The van der Waals surface area contributed by atoms with Crippen LogP contribution in [0.1, 0.15) is 52.9 Å². The van der Waals surface area contributed by atoms with Crippen molar-refractivity contribution in [2.24, 2.45) is 17.8 Å². The zero-order valence-electron chi connectivity index (χ0n) is 10.2. The van der Waals surface area contributed by atoms with E-state index >= 15 is 0 Å². The molecule has 0 heterocycles. The minimum absolute atomic E-state index is 0.303. The van der Waals surface area contributed by atoms with Crippen LogP contribution in [0.3, 0.4) is 0 Å². The highest BCUT2D eigenvalue weighted by molar-refractivity contribution is 5.98. The number of ketones is 1. The van der Waals surface area contributed by atoms with E-state index in [1.54, 1.807) is 0 Å². The maximum Gasteiger partial charge on any atom is 0.161 e. The lowest BCUT2D eigenvalue weighted by Crippen LogP contribution is -2.32. The van der Waals surface area contributed by atoms with E-state index in [4.69, 9.17) is 0 Å². The lowest BCUT2D eigenvalue weighted by molar-refractivity contribution is -0.121. The first-order chi connectivity index (χ1) is 7.11. The fraction of sp³-hybridized carbons (Fsp3) is 0.786. The molecule has 1 heteroatoms. The van der Waals surface area contributed by atoms with Gasteiger partial charge in [-0.05, 0) is 50.0 Å². The summed E-state index contributed by atoms with van der Waals surface area (Å²) in [5.41, 5.74) is 2.62. The lowest BCUT2D eigenvalue weighted by atomic mass is 9.68. The molecular formula is C14H22O. The van der Waals surface area contributed by atoms with Crippen molar-refractivity contribution in [1.82, 2.24) is 0 Å². The Labute approximate surface area is 92.9 Å². The third-order valence-corrected chi connectivity index (χ3v) is 4.27. The second kappa shape index (κ2) is 4.11. The van der Waals surface area contributed by atoms with Crippen molar-refractivity contribution in [3.63, 3.8) is 0 Å². The largest absolute Gasteiger partial charge is 0.294 e. The molecule has 2 rings (SSSR count). The highest BCUT2D eigenvalue weighted by atomic mass is 16.1. The molecule has 0 amide bonds. The van der Waals surface area contributed by atoms with Crippen LogP contribution in [0.2, 0.25) is 0 Å². The smallest absolute Gasteiger partial charge is 0.161 e. The van der Waals surface area contributed by atoms with Crippen molar-refractivity contribution in [2.75, 3.05) is 0 Å². The van der Waals surface area contributed by atoms with E-state index in [9.17, 15) is 4.79 Å². The summed E-state index contributed by atoms with van der Waals surface area (Å²) >= 11 is 0. The maximum atomic E-state index is 12.2. The molecule has 2 atom stereocenters. The number of carbonyl (C=O) groups excluding carboxylic acids is 1. The summed E-state index contributed by atoms with van der Waals surface area (Å²) in [6.07, 6.45) is 6.29. The Morgan fingerprint density at radius 1 is 1.27 bits per heavy atom. The summed E-state index contributed by atoms with van der Waals surface area (Å²) in [4.78, 5) is 12.2. The third-order valence-electron chi connectivity index (χ3n) is 4.27. The highest BCUT2D eigenvalue weighted by Crippen LogP contribution is 2.42. The zero-order chi connectivity index (χ0) is 11.0. The fourth-order valence-corrected chi connectivity index (χ4v) is 3.26. The minimum atomic E-state index is 0.303. The van der Waals surface area contributed by atoms with E-state index in [2.05, 4.69) is 20.8 Å². The summed E-state index contributed by atoms with van der Waals surface area (Å²) in [6.45, 7) is 6.43. The SMILES string of the molecule is CC1=C2CCCCC2CC(C(C)C)C1=O. The Kier molecular flexibility index (Phi) is 2.99. The standard InChI is InChI=1S/C14H22O/c1-9(2)13-8-11-6-4-5-7-12(11)10(3)14(13)15/h9,11,13H,4-8H2,1-3H3. The van der Waals surface area contributed by atoms with Gasteiger partial charge in [0, 0.05) is 5.92 Å². The Morgan fingerprint density at radius 3 is 2.67 bits per heavy atom. The van der Waals surface area contributed by atoms with Crippen LogP contribution < -0.4 is 0 Å². The average molecular weight is 206 g/mol. The van der Waals surface area contributed by atoms with Crippen LogP contribution in [-0.4, -0.2) is 5.78 Å². The lowest BCUT2D eigenvalue weighted by Gasteiger charge is -2.36. The van der Waals surface area contributed by atoms with Crippen LogP contribution >= 0.6 is 0 Å². The van der Waals surface area contributed by atoms with Crippen LogP contribution in [0.4, 0.5) is 0 Å². The first-order valence-electron chi connectivity index (χ1n) is 6.35. The van der Waals surface area contributed by atoms with Gasteiger partial charge in [-0.3, -0.25) is 4.79 Å². The van der Waals surface area contributed by atoms with Gasteiger partial charge in [-0.25, -0.2) is 0 Å². The molecule has 0 bridgehead atoms. The van der Waals surface area contributed by atoms with Gasteiger partial charge in [0.15, 0.2) is 5.78 Å². The molecule has 0 aromatic carbocycles. The third kappa shape index (κ3) is 1.89. The molecule has 0 N–H and O–H groups in total. The Balaban J connectivity index is 2.28. The number of hydrogen-bond acceptors (Lipinski definition) is 1. The first-order valence-corrected chi connectivity index (χ1v) is 6.35. The van der Waals surface area contributed by atoms with Crippen LogP contribution in [-0.2, 0) is 4.79 Å². The van der Waals surface area contributed by atoms with Crippen molar-refractivity contribution in [2.45, 2.75) is 52.9 Å². The molecule has 0 aliphatic heterocycles. The molecular weight excluding hydrogens is 184 g/mol. The number of rotatable bonds is 1. The van der Waals surface area contributed by atoms with Crippen molar-refractivity contribution in [3.8, 4) is 0 Å². The van der Waals surface area contributed by atoms with Crippen molar-refractivity contribution in [3.05, 3.63) is 11.1 Å². The summed E-state index contributed by atoms with van der Waals surface area (Å²) < 4.78 is 0. The topological polar surface area (TPSA) is 17.1 Å². The summed E-state index contributed by atoms with van der Waals surface area (Å²) in [5, 5.41) is 0. The molecule has 2 aliphatic rings. The number of hydrogen-bond donors (Lipinski definition) is 0. The molecule has 2 aliphatic carbocycles. The molecule has 1 nitrogen and oxygen atoms in total.